The maximum absolute atomic E-state index is 14.3. The second kappa shape index (κ2) is 9.81. The van der Waals surface area contributed by atoms with E-state index in [2.05, 4.69) is 58.4 Å². The fourth-order valence-electron chi connectivity index (χ4n) is 7.31. The van der Waals surface area contributed by atoms with Crippen molar-refractivity contribution in [1.82, 2.24) is 9.88 Å². The third-order valence-electron chi connectivity index (χ3n) is 9.07. The summed E-state index contributed by atoms with van der Waals surface area (Å²) in [6.07, 6.45) is 1.77. The van der Waals surface area contributed by atoms with Crippen LogP contribution in [0.1, 0.15) is 41.3 Å². The minimum absolute atomic E-state index is 0.0329. The second-order valence-electron chi connectivity index (χ2n) is 11.2. The Labute approximate surface area is 223 Å². The van der Waals surface area contributed by atoms with E-state index in [1.807, 2.05) is 36.4 Å². The van der Waals surface area contributed by atoms with Crippen molar-refractivity contribution in [3.05, 3.63) is 107 Å². The van der Waals surface area contributed by atoms with Crippen LogP contribution in [-0.4, -0.2) is 42.0 Å². The molecule has 1 aliphatic carbocycles. The van der Waals surface area contributed by atoms with Gasteiger partial charge in [-0.3, -0.25) is 9.69 Å². The van der Waals surface area contributed by atoms with Crippen LogP contribution in [0.5, 0.6) is 0 Å². The molecule has 1 aromatic heterocycles. The van der Waals surface area contributed by atoms with Crippen molar-refractivity contribution in [3.8, 4) is 0 Å². The lowest BCUT2D eigenvalue weighted by atomic mass is 9.69. The highest BCUT2D eigenvalue weighted by molar-refractivity contribution is 5.93. The van der Waals surface area contributed by atoms with Gasteiger partial charge in [-0.25, -0.2) is 0 Å². The molecule has 4 atom stereocenters. The van der Waals surface area contributed by atoms with E-state index in [-0.39, 0.29) is 17.9 Å². The summed E-state index contributed by atoms with van der Waals surface area (Å²) in [5.74, 6) is 0.280. The van der Waals surface area contributed by atoms with Crippen molar-refractivity contribution < 1.29 is 14.3 Å². The maximum atomic E-state index is 14.3. The first-order valence-corrected chi connectivity index (χ1v) is 13.9. The molecule has 2 saturated heterocycles. The molecule has 0 amide bonds. The van der Waals surface area contributed by atoms with E-state index in [1.165, 1.54) is 10.9 Å². The summed E-state index contributed by atoms with van der Waals surface area (Å²) in [5.41, 5.74) is 5.27. The number of carbonyl (C=O) groups is 1. The Bertz CT molecular complexity index is 1390. The number of nitrogens with one attached hydrogen (secondary N) is 1. The van der Waals surface area contributed by atoms with E-state index in [4.69, 9.17) is 9.47 Å². The van der Waals surface area contributed by atoms with Crippen LogP contribution in [0.2, 0.25) is 0 Å². The van der Waals surface area contributed by atoms with Gasteiger partial charge in [0.15, 0.2) is 0 Å². The van der Waals surface area contributed by atoms with Gasteiger partial charge in [-0.1, -0.05) is 78.9 Å². The summed E-state index contributed by atoms with van der Waals surface area (Å²) < 4.78 is 13.1. The van der Waals surface area contributed by atoms with Crippen LogP contribution in [-0.2, 0) is 32.9 Å². The van der Waals surface area contributed by atoms with Gasteiger partial charge in [0.25, 0.3) is 0 Å². The Hall–Kier alpha value is -3.25. The molecule has 1 N–H and O–H groups in total. The Morgan fingerprint density at radius 2 is 1.39 bits per heavy atom. The molecule has 38 heavy (non-hydrogen) atoms. The van der Waals surface area contributed by atoms with Gasteiger partial charge in [0, 0.05) is 34.5 Å². The first-order valence-electron chi connectivity index (χ1n) is 13.9. The number of ketones is 1. The number of rotatable bonds is 8. The van der Waals surface area contributed by atoms with Crippen molar-refractivity contribution in [3.63, 3.8) is 0 Å². The number of nitrogens with zero attached hydrogens (tertiary/aromatic N) is 1. The lowest BCUT2D eigenvalue weighted by Crippen LogP contribution is -2.49. The Morgan fingerprint density at radius 3 is 2.08 bits per heavy atom. The molecule has 3 aromatic carbocycles. The molecule has 5 nitrogen and oxygen atoms in total. The number of H-pyrrole nitrogens is 1. The van der Waals surface area contributed by atoms with Gasteiger partial charge >= 0.3 is 0 Å². The topological polar surface area (TPSA) is 54.6 Å². The van der Waals surface area contributed by atoms with Crippen molar-refractivity contribution in [2.45, 2.75) is 37.5 Å². The van der Waals surface area contributed by atoms with Crippen LogP contribution >= 0.6 is 0 Å². The molecule has 3 heterocycles. The zero-order chi connectivity index (χ0) is 25.5. The van der Waals surface area contributed by atoms with Crippen LogP contribution in [0.15, 0.2) is 84.9 Å². The fourth-order valence-corrected chi connectivity index (χ4v) is 7.31. The van der Waals surface area contributed by atoms with Crippen molar-refractivity contribution in [2.75, 3.05) is 26.3 Å². The molecule has 4 unspecified atom stereocenters. The number of benzene rings is 3. The van der Waals surface area contributed by atoms with Crippen molar-refractivity contribution >= 4 is 16.7 Å². The summed E-state index contributed by atoms with van der Waals surface area (Å²) in [6, 6.07) is 29.3. The number of hydrogen-bond acceptors (Lipinski definition) is 4. The summed E-state index contributed by atoms with van der Waals surface area (Å²) in [5, 5.41) is 1.23. The predicted molar refractivity (Wildman–Crippen MR) is 148 cm³/mol. The highest BCUT2D eigenvalue weighted by Gasteiger charge is 2.58. The number of aromatic nitrogens is 1. The first kappa shape index (κ1) is 23.8. The smallest absolute Gasteiger partial charge is 0.142 e. The Morgan fingerprint density at radius 1 is 0.789 bits per heavy atom. The molecule has 194 valence electrons. The van der Waals surface area contributed by atoms with Gasteiger partial charge in [0.05, 0.1) is 31.8 Å². The average molecular weight is 507 g/mol. The van der Waals surface area contributed by atoms with Crippen molar-refractivity contribution in [2.24, 2.45) is 11.8 Å². The highest BCUT2D eigenvalue weighted by atomic mass is 16.5. The van der Waals surface area contributed by atoms with Crippen LogP contribution < -0.4 is 0 Å². The quantitative estimate of drug-likeness (QED) is 0.328. The van der Waals surface area contributed by atoms with Gasteiger partial charge in [0.1, 0.15) is 5.78 Å². The zero-order valence-corrected chi connectivity index (χ0v) is 21.6. The maximum Gasteiger partial charge on any atom is 0.142 e. The lowest BCUT2D eigenvalue weighted by Gasteiger charge is -2.41. The number of fused-ring (bicyclic) bond motifs is 4. The number of ether oxygens (including phenoxy) is 2. The van der Waals surface area contributed by atoms with Gasteiger partial charge in [-0.2, -0.15) is 0 Å². The summed E-state index contributed by atoms with van der Waals surface area (Å²) in [6.45, 7) is 3.83. The number of carbonyl (C=O) groups excluding carboxylic acids is 1. The molecule has 3 aliphatic rings. The number of aromatic amines is 1. The van der Waals surface area contributed by atoms with Gasteiger partial charge < -0.3 is 14.5 Å². The monoisotopic (exact) mass is 506 g/mol. The van der Waals surface area contributed by atoms with Gasteiger partial charge in [0.2, 0.25) is 0 Å². The Kier molecular flexibility index (Phi) is 6.15. The van der Waals surface area contributed by atoms with Gasteiger partial charge in [-0.05, 0) is 48.7 Å². The molecule has 2 fully saturated rings. The molecule has 4 aromatic rings. The fraction of sp³-hybridized carbons (Fsp3) is 0.364. The molecule has 2 aliphatic heterocycles. The normalized spacial score (nSPS) is 25.3. The molecule has 4 bridgehead atoms. The minimum Gasteiger partial charge on any atom is -0.376 e. The second-order valence-corrected chi connectivity index (χ2v) is 11.2. The average Bonchev–Trinajstić information content (AvgIpc) is 3.48. The van der Waals surface area contributed by atoms with Crippen LogP contribution in [0.4, 0.5) is 0 Å². The van der Waals surface area contributed by atoms with Crippen LogP contribution in [0.3, 0.4) is 0 Å². The van der Waals surface area contributed by atoms with Gasteiger partial charge in [-0.15, -0.1) is 0 Å². The van der Waals surface area contributed by atoms with Crippen LogP contribution in [0.25, 0.3) is 10.9 Å². The number of Topliss-reactive ketones (excluding diaryl/α,β-unsaturated/α-hetero) is 1. The van der Waals surface area contributed by atoms with E-state index < -0.39 is 5.41 Å². The molecule has 0 spiro atoms. The Balaban J connectivity index is 1.33. The zero-order valence-electron chi connectivity index (χ0n) is 21.6. The van der Waals surface area contributed by atoms with E-state index in [1.54, 1.807) is 0 Å². The molecular formula is C33H34N2O3. The molecule has 5 heteroatoms. The summed E-state index contributed by atoms with van der Waals surface area (Å²) >= 11 is 0. The standard InChI is InChI=1S/C33H34N2O3/c36-31-26-15-17-35-18-16-27(31)33(21-37-19-23-9-3-1-4-10-23,22-38-20-24-11-5-2-6-12-24)32-29(30(26)35)25-13-7-8-14-28(25)34-32/h1-14,26-27,30,34H,15-22H2. The summed E-state index contributed by atoms with van der Waals surface area (Å²) in [4.78, 5) is 20.7. The number of hydrogen-bond donors (Lipinski definition) is 1. The largest absolute Gasteiger partial charge is 0.376 e. The summed E-state index contributed by atoms with van der Waals surface area (Å²) in [7, 11) is 0. The van der Waals surface area contributed by atoms with E-state index >= 15 is 0 Å². The third kappa shape index (κ3) is 3.92. The van der Waals surface area contributed by atoms with Crippen LogP contribution in [0, 0.1) is 11.8 Å². The lowest BCUT2D eigenvalue weighted by molar-refractivity contribution is -0.132. The SMILES string of the molecule is O=C1C2CCN3CCC1C(COCc1ccccc1)(COCc1ccccc1)c1[nH]c4ccccc4c1C23. The van der Waals surface area contributed by atoms with E-state index in [0.717, 1.165) is 48.3 Å². The predicted octanol–water partition coefficient (Wildman–Crippen LogP) is 5.80. The van der Waals surface area contributed by atoms with E-state index in [9.17, 15) is 4.79 Å². The molecule has 0 radical (unpaired) electrons. The third-order valence-corrected chi connectivity index (χ3v) is 9.07. The molecular weight excluding hydrogens is 472 g/mol. The molecule has 0 saturated carbocycles. The molecule has 7 rings (SSSR count). The minimum atomic E-state index is -0.578. The van der Waals surface area contributed by atoms with Crippen molar-refractivity contribution in [1.29, 1.82) is 0 Å². The van der Waals surface area contributed by atoms with E-state index in [0.29, 0.717) is 32.2 Å². The number of para-hydroxylation sites is 1. The first-order chi connectivity index (χ1) is 18.7. The highest BCUT2D eigenvalue weighted by Crippen LogP contribution is 2.55.